The van der Waals surface area contributed by atoms with Gasteiger partial charge in [0.15, 0.2) is 5.13 Å². The Kier molecular flexibility index (Phi) is 5.34. The van der Waals surface area contributed by atoms with E-state index in [1.54, 1.807) is 30.5 Å². The molecule has 2 N–H and O–H groups in total. The molecule has 2 aromatic carbocycles. The number of thiazole rings is 1. The number of rotatable bonds is 7. The summed E-state index contributed by atoms with van der Waals surface area (Å²) in [7, 11) is 0. The number of benzene rings is 2. The highest BCUT2D eigenvalue weighted by Crippen LogP contribution is 2.26. The Bertz CT molecular complexity index is 1000. The number of carbonyl (C=O) groups excluding carboxylic acids is 1. The van der Waals surface area contributed by atoms with Gasteiger partial charge in [-0.1, -0.05) is 12.1 Å². The largest absolute Gasteiger partial charge is 0.349 e. The van der Waals surface area contributed by atoms with Crippen LogP contribution in [-0.2, 0) is 12.8 Å². The SMILES string of the molecule is O=C(NC1CC1)c1ccc(F)c(CCc2cnc(Nc3ccccc3F)s2)c1. The van der Waals surface area contributed by atoms with Gasteiger partial charge in [0.25, 0.3) is 5.91 Å². The van der Waals surface area contributed by atoms with Gasteiger partial charge in [0.2, 0.25) is 0 Å². The summed E-state index contributed by atoms with van der Waals surface area (Å²) in [6.07, 6.45) is 4.76. The molecular formula is C21H19F2N3OS. The third-order valence-corrected chi connectivity index (χ3v) is 5.50. The lowest BCUT2D eigenvalue weighted by molar-refractivity contribution is 0.0951. The summed E-state index contributed by atoms with van der Waals surface area (Å²) in [5.41, 5.74) is 1.35. The van der Waals surface area contributed by atoms with Crippen LogP contribution in [0.15, 0.2) is 48.7 Å². The maximum Gasteiger partial charge on any atom is 0.251 e. The number of carbonyl (C=O) groups is 1. The van der Waals surface area contributed by atoms with Crippen LogP contribution in [-0.4, -0.2) is 16.9 Å². The van der Waals surface area contributed by atoms with Crippen molar-refractivity contribution in [2.45, 2.75) is 31.7 Å². The Morgan fingerprint density at radius 2 is 1.93 bits per heavy atom. The topological polar surface area (TPSA) is 54.0 Å². The van der Waals surface area contributed by atoms with Gasteiger partial charge in [-0.3, -0.25) is 4.79 Å². The second-order valence-electron chi connectivity index (χ2n) is 6.79. The van der Waals surface area contributed by atoms with E-state index < -0.39 is 0 Å². The number of para-hydroxylation sites is 1. The summed E-state index contributed by atoms with van der Waals surface area (Å²) in [6.45, 7) is 0. The minimum atomic E-state index is -0.345. The van der Waals surface area contributed by atoms with Crippen LogP contribution in [0.5, 0.6) is 0 Å². The van der Waals surface area contributed by atoms with E-state index in [0.717, 1.165) is 17.7 Å². The molecule has 0 saturated heterocycles. The molecule has 0 unspecified atom stereocenters. The Labute approximate surface area is 165 Å². The van der Waals surface area contributed by atoms with Gasteiger partial charge < -0.3 is 10.6 Å². The third kappa shape index (κ3) is 4.54. The molecule has 1 saturated carbocycles. The Hall–Kier alpha value is -2.80. The molecule has 4 rings (SSSR count). The fourth-order valence-electron chi connectivity index (χ4n) is 2.82. The molecule has 1 aromatic heterocycles. The molecule has 1 heterocycles. The van der Waals surface area contributed by atoms with Crippen molar-refractivity contribution >= 4 is 28.1 Å². The number of aromatic nitrogens is 1. The van der Waals surface area contributed by atoms with Crippen LogP contribution in [0.2, 0.25) is 0 Å². The summed E-state index contributed by atoms with van der Waals surface area (Å²) >= 11 is 1.40. The van der Waals surface area contributed by atoms with Crippen molar-refractivity contribution in [3.8, 4) is 0 Å². The lowest BCUT2D eigenvalue weighted by atomic mass is 10.0. The standard InChI is InChI=1S/C21H19F2N3OS/c22-17-10-6-14(20(27)25-15-7-8-15)11-13(17)5-9-16-12-24-21(28-16)26-19-4-2-1-3-18(19)23/h1-4,6,10-12,15H,5,7-9H2,(H,24,26)(H,25,27). The number of hydrogen-bond acceptors (Lipinski definition) is 4. The van der Waals surface area contributed by atoms with Gasteiger partial charge >= 0.3 is 0 Å². The molecule has 1 aliphatic rings. The Morgan fingerprint density at radius 1 is 1.11 bits per heavy atom. The van der Waals surface area contributed by atoms with Crippen molar-refractivity contribution in [1.29, 1.82) is 0 Å². The van der Waals surface area contributed by atoms with Crippen molar-refractivity contribution in [3.63, 3.8) is 0 Å². The highest BCUT2D eigenvalue weighted by molar-refractivity contribution is 7.15. The first kappa shape index (κ1) is 18.6. The van der Waals surface area contributed by atoms with Gasteiger partial charge in [0.05, 0.1) is 5.69 Å². The molecule has 0 atom stereocenters. The first-order valence-corrected chi connectivity index (χ1v) is 9.95. The van der Waals surface area contributed by atoms with Crippen molar-refractivity contribution in [1.82, 2.24) is 10.3 Å². The molecule has 1 fully saturated rings. The van der Waals surface area contributed by atoms with E-state index in [-0.39, 0.29) is 23.6 Å². The summed E-state index contributed by atoms with van der Waals surface area (Å²) in [4.78, 5) is 17.4. The molecule has 0 spiro atoms. The van der Waals surface area contributed by atoms with Crippen LogP contribution in [0.3, 0.4) is 0 Å². The van der Waals surface area contributed by atoms with Crippen molar-refractivity contribution < 1.29 is 13.6 Å². The van der Waals surface area contributed by atoms with Crippen molar-refractivity contribution in [3.05, 3.63) is 76.3 Å². The molecule has 3 aromatic rings. The second-order valence-corrected chi connectivity index (χ2v) is 7.91. The van der Waals surface area contributed by atoms with Crippen LogP contribution in [0, 0.1) is 11.6 Å². The molecule has 144 valence electrons. The van der Waals surface area contributed by atoms with Gasteiger partial charge in [0.1, 0.15) is 11.6 Å². The smallest absolute Gasteiger partial charge is 0.251 e. The molecule has 7 heteroatoms. The van der Waals surface area contributed by atoms with E-state index in [1.165, 1.54) is 29.5 Å². The van der Waals surface area contributed by atoms with Crippen molar-refractivity contribution in [2.24, 2.45) is 0 Å². The van der Waals surface area contributed by atoms with Gasteiger partial charge in [0, 0.05) is 22.7 Å². The molecular weight excluding hydrogens is 380 g/mol. The fourth-order valence-corrected chi connectivity index (χ4v) is 3.64. The van der Waals surface area contributed by atoms with Gasteiger partial charge in [-0.15, -0.1) is 11.3 Å². The van der Waals surface area contributed by atoms with E-state index in [0.29, 0.717) is 34.8 Å². The second kappa shape index (κ2) is 8.06. The average Bonchev–Trinajstić information content (AvgIpc) is 3.39. The van der Waals surface area contributed by atoms with E-state index in [9.17, 15) is 13.6 Å². The number of halogens is 2. The molecule has 1 amide bonds. The average molecular weight is 399 g/mol. The van der Waals surface area contributed by atoms with E-state index in [1.807, 2.05) is 0 Å². The highest BCUT2D eigenvalue weighted by atomic mass is 32.1. The van der Waals surface area contributed by atoms with Crippen LogP contribution in [0.4, 0.5) is 19.6 Å². The number of nitrogens with one attached hydrogen (secondary N) is 2. The molecule has 28 heavy (non-hydrogen) atoms. The lowest BCUT2D eigenvalue weighted by Gasteiger charge is -2.07. The van der Waals surface area contributed by atoms with Crippen LogP contribution in [0.1, 0.15) is 33.6 Å². The number of nitrogens with zero attached hydrogens (tertiary/aromatic N) is 1. The van der Waals surface area contributed by atoms with Gasteiger partial charge in [-0.2, -0.15) is 0 Å². The third-order valence-electron chi connectivity index (χ3n) is 4.53. The molecule has 0 bridgehead atoms. The van der Waals surface area contributed by atoms with Gasteiger partial charge in [-0.05, 0) is 61.6 Å². The predicted octanol–water partition coefficient (Wildman–Crippen LogP) is 4.84. The molecule has 0 radical (unpaired) electrons. The van der Waals surface area contributed by atoms with Crippen molar-refractivity contribution in [2.75, 3.05) is 5.32 Å². The maximum atomic E-state index is 14.1. The summed E-state index contributed by atoms with van der Waals surface area (Å²) in [5, 5.41) is 6.45. The number of amides is 1. The van der Waals surface area contributed by atoms with E-state index >= 15 is 0 Å². The molecule has 1 aliphatic carbocycles. The quantitative estimate of drug-likeness (QED) is 0.598. The minimum absolute atomic E-state index is 0.155. The maximum absolute atomic E-state index is 14.1. The normalized spacial score (nSPS) is 13.4. The monoisotopic (exact) mass is 399 g/mol. The number of aryl methyl sites for hydroxylation is 2. The van der Waals surface area contributed by atoms with Crippen LogP contribution < -0.4 is 10.6 Å². The number of hydrogen-bond donors (Lipinski definition) is 2. The zero-order chi connectivity index (χ0) is 19.5. The highest BCUT2D eigenvalue weighted by Gasteiger charge is 2.24. The Balaban J connectivity index is 1.40. The summed E-state index contributed by atoms with van der Waals surface area (Å²) < 4.78 is 27.9. The minimum Gasteiger partial charge on any atom is -0.349 e. The van der Waals surface area contributed by atoms with E-state index in [2.05, 4.69) is 15.6 Å². The zero-order valence-corrected chi connectivity index (χ0v) is 15.9. The Morgan fingerprint density at radius 3 is 2.71 bits per heavy atom. The summed E-state index contributed by atoms with van der Waals surface area (Å²) in [5.74, 6) is -0.822. The zero-order valence-electron chi connectivity index (χ0n) is 15.0. The van der Waals surface area contributed by atoms with Gasteiger partial charge in [-0.25, -0.2) is 13.8 Å². The predicted molar refractivity (Wildman–Crippen MR) is 106 cm³/mol. The van der Waals surface area contributed by atoms with Crippen LogP contribution >= 0.6 is 11.3 Å². The summed E-state index contributed by atoms with van der Waals surface area (Å²) in [6, 6.07) is 11.1. The van der Waals surface area contributed by atoms with E-state index in [4.69, 9.17) is 0 Å². The first-order chi connectivity index (χ1) is 13.6. The van der Waals surface area contributed by atoms with Crippen LogP contribution in [0.25, 0.3) is 0 Å². The first-order valence-electron chi connectivity index (χ1n) is 9.14. The molecule has 0 aliphatic heterocycles. The molecule has 4 nitrogen and oxygen atoms in total. The lowest BCUT2D eigenvalue weighted by Crippen LogP contribution is -2.25. The number of anilines is 2. The fraction of sp³-hybridized carbons (Fsp3) is 0.238.